The van der Waals surface area contributed by atoms with Gasteiger partial charge in [0.15, 0.2) is 17.5 Å². The first kappa shape index (κ1) is 27.0. The van der Waals surface area contributed by atoms with Crippen molar-refractivity contribution in [3.8, 4) is 17.2 Å². The van der Waals surface area contributed by atoms with Gasteiger partial charge in [-0.05, 0) is 67.7 Å². The zero-order chi connectivity index (χ0) is 22.8. The molecule has 1 aliphatic heterocycles. The van der Waals surface area contributed by atoms with Gasteiger partial charge in [-0.1, -0.05) is 18.2 Å². The second-order valence-corrected chi connectivity index (χ2v) is 7.85. The van der Waals surface area contributed by atoms with Gasteiger partial charge in [0.05, 0.1) is 27.4 Å². The van der Waals surface area contributed by atoms with Gasteiger partial charge in [-0.25, -0.2) is 0 Å². The second-order valence-electron chi connectivity index (χ2n) is 7.85. The van der Waals surface area contributed by atoms with E-state index in [4.69, 9.17) is 14.2 Å². The molecule has 8 heteroatoms. The van der Waals surface area contributed by atoms with E-state index >= 15 is 0 Å². The third kappa shape index (κ3) is 7.67. The molecule has 33 heavy (non-hydrogen) atoms. The van der Waals surface area contributed by atoms with Gasteiger partial charge in [0.2, 0.25) is 0 Å². The van der Waals surface area contributed by atoms with Crippen molar-refractivity contribution in [3.05, 3.63) is 53.6 Å². The van der Waals surface area contributed by atoms with E-state index in [0.29, 0.717) is 0 Å². The molecule has 0 bridgehead atoms. The van der Waals surface area contributed by atoms with Gasteiger partial charge >= 0.3 is 0 Å². The minimum atomic E-state index is 0. The maximum absolute atomic E-state index is 5.45. The predicted molar refractivity (Wildman–Crippen MR) is 145 cm³/mol. The van der Waals surface area contributed by atoms with Crippen LogP contribution in [0.25, 0.3) is 0 Å². The third-order valence-corrected chi connectivity index (χ3v) is 5.90. The van der Waals surface area contributed by atoms with Crippen LogP contribution in [0, 0.1) is 0 Å². The van der Waals surface area contributed by atoms with Gasteiger partial charge in [0.25, 0.3) is 0 Å². The van der Waals surface area contributed by atoms with Crippen molar-refractivity contribution in [2.75, 3.05) is 54.6 Å². The van der Waals surface area contributed by atoms with E-state index in [1.165, 1.54) is 24.0 Å². The summed E-state index contributed by atoms with van der Waals surface area (Å²) in [4.78, 5) is 6.95. The molecular formula is C25H37IN4O3. The maximum Gasteiger partial charge on any atom is 0.191 e. The molecule has 182 valence electrons. The molecule has 7 nitrogen and oxygen atoms in total. The van der Waals surface area contributed by atoms with E-state index in [2.05, 4.69) is 44.8 Å². The molecule has 2 aromatic rings. The molecule has 0 spiro atoms. The lowest BCUT2D eigenvalue weighted by Crippen LogP contribution is -2.43. The zero-order valence-electron chi connectivity index (χ0n) is 20.1. The number of hydrogen-bond donors (Lipinski definition) is 2. The molecule has 1 fully saturated rings. The van der Waals surface area contributed by atoms with Crippen molar-refractivity contribution in [2.45, 2.75) is 25.3 Å². The van der Waals surface area contributed by atoms with Gasteiger partial charge in [0, 0.05) is 20.1 Å². The van der Waals surface area contributed by atoms with Crippen LogP contribution < -0.4 is 24.8 Å². The number of hydrogen-bond acceptors (Lipinski definition) is 5. The van der Waals surface area contributed by atoms with E-state index in [9.17, 15) is 0 Å². The highest BCUT2D eigenvalue weighted by Gasteiger charge is 2.24. The lowest BCUT2D eigenvalue weighted by atomic mass is 10.1. The molecule has 0 saturated carbocycles. The van der Waals surface area contributed by atoms with Crippen LogP contribution >= 0.6 is 24.0 Å². The summed E-state index contributed by atoms with van der Waals surface area (Å²) < 4.78 is 16.2. The largest absolute Gasteiger partial charge is 0.497 e. The molecule has 1 aliphatic rings. The summed E-state index contributed by atoms with van der Waals surface area (Å²) in [5, 5.41) is 6.95. The molecule has 1 atom stereocenters. The highest BCUT2D eigenvalue weighted by molar-refractivity contribution is 14.0. The Morgan fingerprint density at radius 2 is 1.73 bits per heavy atom. The number of nitrogens with one attached hydrogen (secondary N) is 2. The molecule has 3 rings (SSSR count). The quantitative estimate of drug-likeness (QED) is 0.258. The number of guanidine groups is 1. The summed E-state index contributed by atoms with van der Waals surface area (Å²) in [5.74, 6) is 3.19. The van der Waals surface area contributed by atoms with Crippen molar-refractivity contribution in [3.63, 3.8) is 0 Å². The molecule has 0 amide bonds. The monoisotopic (exact) mass is 568 g/mol. The molecule has 1 saturated heterocycles. The fraction of sp³-hybridized carbons (Fsp3) is 0.480. The minimum Gasteiger partial charge on any atom is -0.497 e. The van der Waals surface area contributed by atoms with Crippen LogP contribution in [0.15, 0.2) is 47.5 Å². The van der Waals surface area contributed by atoms with Crippen LogP contribution in [-0.4, -0.2) is 65.4 Å². The maximum atomic E-state index is 5.45. The Morgan fingerprint density at radius 1 is 0.970 bits per heavy atom. The van der Waals surface area contributed by atoms with E-state index < -0.39 is 0 Å². The van der Waals surface area contributed by atoms with Gasteiger partial charge in [-0.3, -0.25) is 9.89 Å². The standard InChI is InChI=1S/C25H36N4O3.HI/c1-26-25(27-13-12-19-10-11-23(31-3)24(16-19)32-4)28-18-22(29-14-5-6-15-29)20-8-7-9-21(17-20)30-2;/h7-11,16-17,22H,5-6,12-15,18H2,1-4H3,(H2,26,27,28);1H. The lowest BCUT2D eigenvalue weighted by molar-refractivity contribution is 0.245. The van der Waals surface area contributed by atoms with Crippen LogP contribution in [0.4, 0.5) is 0 Å². The third-order valence-electron chi connectivity index (χ3n) is 5.90. The van der Waals surface area contributed by atoms with Crippen LogP contribution in [0.2, 0.25) is 0 Å². The van der Waals surface area contributed by atoms with Crippen molar-refractivity contribution in [2.24, 2.45) is 4.99 Å². The average Bonchev–Trinajstić information content (AvgIpc) is 3.37. The van der Waals surface area contributed by atoms with Crippen molar-refractivity contribution >= 4 is 29.9 Å². The van der Waals surface area contributed by atoms with Crippen LogP contribution in [0.3, 0.4) is 0 Å². The predicted octanol–water partition coefficient (Wildman–Crippen LogP) is 3.88. The van der Waals surface area contributed by atoms with Crippen molar-refractivity contribution in [1.82, 2.24) is 15.5 Å². The first-order valence-electron chi connectivity index (χ1n) is 11.2. The number of ether oxygens (including phenoxy) is 3. The first-order chi connectivity index (χ1) is 15.7. The number of likely N-dealkylation sites (tertiary alicyclic amines) is 1. The summed E-state index contributed by atoms with van der Waals surface area (Å²) >= 11 is 0. The highest BCUT2D eigenvalue weighted by Crippen LogP contribution is 2.28. The van der Waals surface area contributed by atoms with Gasteiger partial charge in [-0.2, -0.15) is 0 Å². The smallest absolute Gasteiger partial charge is 0.191 e. The summed E-state index contributed by atoms with van der Waals surface area (Å²) in [6, 6.07) is 14.7. The Bertz CT molecular complexity index is 888. The molecule has 2 N–H and O–H groups in total. The Kier molecular flexibility index (Phi) is 11.6. The van der Waals surface area contributed by atoms with Crippen molar-refractivity contribution in [1.29, 1.82) is 0 Å². The lowest BCUT2D eigenvalue weighted by Gasteiger charge is -2.29. The molecule has 0 aromatic heterocycles. The molecule has 1 unspecified atom stereocenters. The molecule has 2 aromatic carbocycles. The summed E-state index contributed by atoms with van der Waals surface area (Å²) in [5.41, 5.74) is 2.44. The van der Waals surface area contributed by atoms with E-state index in [1.807, 2.05) is 25.2 Å². The molecule has 0 aliphatic carbocycles. The number of benzene rings is 2. The topological polar surface area (TPSA) is 67.4 Å². The zero-order valence-corrected chi connectivity index (χ0v) is 22.4. The van der Waals surface area contributed by atoms with Crippen LogP contribution in [0.1, 0.15) is 30.0 Å². The SMILES string of the molecule is CN=C(NCCc1ccc(OC)c(OC)c1)NCC(c1cccc(OC)c1)N1CCCC1.I. The molecular weight excluding hydrogens is 531 g/mol. The summed E-state index contributed by atoms with van der Waals surface area (Å²) in [6.45, 7) is 3.79. The Labute approximate surface area is 214 Å². The molecule has 1 heterocycles. The fourth-order valence-corrected chi connectivity index (χ4v) is 4.14. The average molecular weight is 569 g/mol. The highest BCUT2D eigenvalue weighted by atomic mass is 127. The van der Waals surface area contributed by atoms with Crippen LogP contribution in [0.5, 0.6) is 17.2 Å². The fourth-order valence-electron chi connectivity index (χ4n) is 4.14. The normalized spacial score (nSPS) is 14.8. The van der Waals surface area contributed by atoms with Crippen LogP contribution in [-0.2, 0) is 6.42 Å². The minimum absolute atomic E-state index is 0. The number of nitrogens with zero attached hydrogens (tertiary/aromatic N) is 2. The van der Waals surface area contributed by atoms with Gasteiger partial charge < -0.3 is 24.8 Å². The Hall–Kier alpha value is -2.20. The Balaban J connectivity index is 0.00000385. The van der Waals surface area contributed by atoms with Gasteiger partial charge in [-0.15, -0.1) is 24.0 Å². The number of rotatable bonds is 10. The van der Waals surface area contributed by atoms with E-state index in [0.717, 1.165) is 55.8 Å². The number of aliphatic imine (C=N–C) groups is 1. The summed E-state index contributed by atoms with van der Waals surface area (Å²) in [7, 11) is 6.83. The van der Waals surface area contributed by atoms with Gasteiger partial charge in [0.1, 0.15) is 5.75 Å². The molecule has 0 radical (unpaired) electrons. The Morgan fingerprint density at radius 3 is 2.39 bits per heavy atom. The second kappa shape index (κ2) is 14.1. The van der Waals surface area contributed by atoms with E-state index in [1.54, 1.807) is 21.3 Å². The van der Waals surface area contributed by atoms with E-state index in [-0.39, 0.29) is 30.0 Å². The number of methoxy groups -OCH3 is 3. The first-order valence-corrected chi connectivity index (χ1v) is 11.2. The number of halogens is 1. The summed E-state index contributed by atoms with van der Waals surface area (Å²) in [6.07, 6.45) is 3.35. The van der Waals surface area contributed by atoms with Crippen molar-refractivity contribution < 1.29 is 14.2 Å².